The largest absolute Gasteiger partial charge is 0.383 e. The van der Waals surface area contributed by atoms with Crippen molar-refractivity contribution >= 4 is 17.3 Å². The summed E-state index contributed by atoms with van der Waals surface area (Å²) in [5.41, 5.74) is 1.94. The number of nitrogens with zero attached hydrogens (tertiary/aromatic N) is 3. The van der Waals surface area contributed by atoms with E-state index in [0.717, 1.165) is 24.3 Å². The van der Waals surface area contributed by atoms with Crippen molar-refractivity contribution in [1.82, 2.24) is 14.8 Å². The van der Waals surface area contributed by atoms with Crippen LogP contribution in [-0.2, 0) is 0 Å². The monoisotopic (exact) mass is 264 g/mol. The van der Waals surface area contributed by atoms with Crippen molar-refractivity contribution in [3.63, 3.8) is 0 Å². The van der Waals surface area contributed by atoms with Crippen LogP contribution in [0.1, 0.15) is 20.3 Å². The van der Waals surface area contributed by atoms with Crippen LogP contribution in [0.15, 0.2) is 30.9 Å². The second-order valence-corrected chi connectivity index (χ2v) is 5.05. The molecule has 2 aromatic rings. The number of nitrogens with one attached hydrogen (secondary N) is 1. The second-order valence-electron chi connectivity index (χ2n) is 4.61. The number of anilines is 1. The van der Waals surface area contributed by atoms with Gasteiger partial charge in [-0.15, -0.1) is 0 Å². The molecule has 0 saturated heterocycles. The summed E-state index contributed by atoms with van der Waals surface area (Å²) in [5, 5.41) is 8.26. The van der Waals surface area contributed by atoms with Crippen LogP contribution in [0.5, 0.6) is 0 Å². The number of halogens is 1. The van der Waals surface area contributed by atoms with Crippen LogP contribution >= 0.6 is 11.6 Å². The molecule has 2 rings (SSSR count). The highest BCUT2D eigenvalue weighted by atomic mass is 35.5. The molecule has 1 aromatic heterocycles. The molecule has 0 aliphatic carbocycles. The molecule has 18 heavy (non-hydrogen) atoms. The molecule has 0 aliphatic heterocycles. The predicted octanol–water partition coefficient (Wildman–Crippen LogP) is 3.38. The van der Waals surface area contributed by atoms with Crippen molar-refractivity contribution in [2.75, 3.05) is 11.9 Å². The maximum atomic E-state index is 6.03. The maximum absolute atomic E-state index is 6.03. The van der Waals surface area contributed by atoms with Gasteiger partial charge in [0.05, 0.1) is 11.4 Å². The molecule has 5 heteroatoms. The molecule has 0 unspecified atom stereocenters. The van der Waals surface area contributed by atoms with Crippen LogP contribution in [0.3, 0.4) is 0 Å². The highest BCUT2D eigenvalue weighted by Gasteiger charge is 2.06. The first kappa shape index (κ1) is 12.9. The Balaban J connectivity index is 2.19. The minimum Gasteiger partial charge on any atom is -0.383 e. The van der Waals surface area contributed by atoms with Crippen molar-refractivity contribution in [3.05, 3.63) is 35.9 Å². The first-order valence-corrected chi connectivity index (χ1v) is 6.43. The SMILES string of the molecule is CC(C)CCNc1cc(Cl)ccc1-n1cncn1. The lowest BCUT2D eigenvalue weighted by molar-refractivity contribution is 0.607. The first-order chi connectivity index (χ1) is 8.66. The van der Waals surface area contributed by atoms with Crippen LogP contribution < -0.4 is 5.32 Å². The molecule has 1 N–H and O–H groups in total. The summed E-state index contributed by atoms with van der Waals surface area (Å²) in [5.74, 6) is 0.673. The molecule has 0 spiro atoms. The average Bonchev–Trinajstić information content (AvgIpc) is 2.82. The Hall–Kier alpha value is -1.55. The molecular weight excluding hydrogens is 248 g/mol. The lowest BCUT2D eigenvalue weighted by Gasteiger charge is -2.13. The van der Waals surface area contributed by atoms with Crippen LogP contribution in [0.25, 0.3) is 5.69 Å². The van der Waals surface area contributed by atoms with E-state index in [0.29, 0.717) is 10.9 Å². The summed E-state index contributed by atoms with van der Waals surface area (Å²) in [4.78, 5) is 3.96. The lowest BCUT2D eigenvalue weighted by Crippen LogP contribution is -2.08. The van der Waals surface area contributed by atoms with Gasteiger partial charge in [0.15, 0.2) is 0 Å². The molecular formula is C13H17ClN4. The zero-order valence-corrected chi connectivity index (χ0v) is 11.4. The number of hydrogen-bond acceptors (Lipinski definition) is 3. The van der Waals surface area contributed by atoms with E-state index in [1.54, 1.807) is 11.0 Å². The van der Waals surface area contributed by atoms with Gasteiger partial charge in [-0.2, -0.15) is 5.10 Å². The van der Waals surface area contributed by atoms with Crippen LogP contribution in [0, 0.1) is 5.92 Å². The maximum Gasteiger partial charge on any atom is 0.138 e. The van der Waals surface area contributed by atoms with E-state index in [1.165, 1.54) is 6.33 Å². The van der Waals surface area contributed by atoms with Crippen LogP contribution in [0.2, 0.25) is 5.02 Å². The van der Waals surface area contributed by atoms with Gasteiger partial charge >= 0.3 is 0 Å². The molecule has 0 radical (unpaired) electrons. The van der Waals surface area contributed by atoms with Crippen molar-refractivity contribution in [3.8, 4) is 5.69 Å². The summed E-state index contributed by atoms with van der Waals surface area (Å²) >= 11 is 6.03. The van der Waals surface area contributed by atoms with Gasteiger partial charge in [0.1, 0.15) is 12.7 Å². The molecule has 1 heterocycles. The van der Waals surface area contributed by atoms with E-state index in [1.807, 2.05) is 18.2 Å². The molecule has 0 atom stereocenters. The molecule has 0 amide bonds. The number of hydrogen-bond donors (Lipinski definition) is 1. The molecule has 0 bridgehead atoms. The quantitative estimate of drug-likeness (QED) is 0.900. The number of benzene rings is 1. The van der Waals surface area contributed by atoms with Gasteiger partial charge in [-0.1, -0.05) is 25.4 Å². The highest BCUT2D eigenvalue weighted by molar-refractivity contribution is 6.31. The highest BCUT2D eigenvalue weighted by Crippen LogP contribution is 2.24. The molecule has 4 nitrogen and oxygen atoms in total. The van der Waals surface area contributed by atoms with E-state index in [-0.39, 0.29) is 0 Å². The Morgan fingerprint density at radius 2 is 2.22 bits per heavy atom. The van der Waals surface area contributed by atoms with Gasteiger partial charge in [-0.25, -0.2) is 9.67 Å². The minimum absolute atomic E-state index is 0.673. The van der Waals surface area contributed by atoms with Crippen LogP contribution in [0.4, 0.5) is 5.69 Å². The predicted molar refractivity (Wildman–Crippen MR) is 74.3 cm³/mol. The summed E-state index contributed by atoms with van der Waals surface area (Å²) in [6.07, 6.45) is 4.31. The van der Waals surface area contributed by atoms with Gasteiger partial charge in [-0.3, -0.25) is 0 Å². The standard InChI is InChI=1S/C13H17ClN4/c1-10(2)5-6-16-12-7-11(14)3-4-13(12)18-9-15-8-17-18/h3-4,7-10,16H,5-6H2,1-2H3. The topological polar surface area (TPSA) is 42.7 Å². The molecule has 0 saturated carbocycles. The Bertz CT molecular complexity index is 494. The van der Waals surface area contributed by atoms with Gasteiger partial charge in [0, 0.05) is 11.6 Å². The van der Waals surface area contributed by atoms with E-state index in [9.17, 15) is 0 Å². The zero-order chi connectivity index (χ0) is 13.0. The summed E-state index contributed by atoms with van der Waals surface area (Å²) in [6.45, 7) is 5.33. The minimum atomic E-state index is 0.673. The van der Waals surface area contributed by atoms with Gasteiger partial charge < -0.3 is 5.32 Å². The van der Waals surface area contributed by atoms with E-state index in [4.69, 9.17) is 11.6 Å². The fourth-order valence-corrected chi connectivity index (χ4v) is 1.85. The molecule has 1 aromatic carbocycles. The third-order valence-electron chi connectivity index (χ3n) is 2.66. The van der Waals surface area contributed by atoms with E-state index in [2.05, 4.69) is 29.2 Å². The number of rotatable bonds is 5. The zero-order valence-electron chi connectivity index (χ0n) is 10.6. The Kier molecular flexibility index (Phi) is 4.20. The number of aromatic nitrogens is 3. The van der Waals surface area contributed by atoms with Crippen molar-refractivity contribution in [2.45, 2.75) is 20.3 Å². The van der Waals surface area contributed by atoms with Gasteiger partial charge in [-0.05, 0) is 30.5 Å². The van der Waals surface area contributed by atoms with Crippen molar-refractivity contribution in [2.24, 2.45) is 5.92 Å². The van der Waals surface area contributed by atoms with Crippen molar-refractivity contribution < 1.29 is 0 Å². The van der Waals surface area contributed by atoms with E-state index >= 15 is 0 Å². The summed E-state index contributed by atoms with van der Waals surface area (Å²) in [6, 6.07) is 5.71. The Morgan fingerprint density at radius 3 is 2.89 bits per heavy atom. The third kappa shape index (κ3) is 3.23. The lowest BCUT2D eigenvalue weighted by atomic mass is 10.1. The Morgan fingerprint density at radius 1 is 1.39 bits per heavy atom. The normalized spacial score (nSPS) is 10.9. The fourth-order valence-electron chi connectivity index (χ4n) is 1.68. The molecule has 0 fully saturated rings. The van der Waals surface area contributed by atoms with E-state index < -0.39 is 0 Å². The van der Waals surface area contributed by atoms with Gasteiger partial charge in [0.2, 0.25) is 0 Å². The van der Waals surface area contributed by atoms with Gasteiger partial charge in [0.25, 0.3) is 0 Å². The fraction of sp³-hybridized carbons (Fsp3) is 0.385. The van der Waals surface area contributed by atoms with Crippen LogP contribution in [-0.4, -0.2) is 21.3 Å². The average molecular weight is 265 g/mol. The van der Waals surface area contributed by atoms with Crippen molar-refractivity contribution in [1.29, 1.82) is 0 Å². The first-order valence-electron chi connectivity index (χ1n) is 6.05. The molecule has 0 aliphatic rings. The summed E-state index contributed by atoms with van der Waals surface area (Å²) in [7, 11) is 0. The Labute approximate surface area is 112 Å². The smallest absolute Gasteiger partial charge is 0.138 e. The third-order valence-corrected chi connectivity index (χ3v) is 2.90. The second kappa shape index (κ2) is 5.87. The summed E-state index contributed by atoms with van der Waals surface area (Å²) < 4.78 is 1.73. The molecule has 96 valence electrons.